The van der Waals surface area contributed by atoms with Gasteiger partial charge in [0.2, 0.25) is 0 Å². The van der Waals surface area contributed by atoms with Crippen molar-refractivity contribution in [3.8, 4) is 0 Å². The van der Waals surface area contributed by atoms with Crippen molar-refractivity contribution in [1.82, 2.24) is 9.55 Å². The lowest BCUT2D eigenvalue weighted by atomic mass is 9.99. The molecule has 1 aliphatic carbocycles. The number of aromatic nitrogens is 2. The molecule has 0 aromatic carbocycles. The zero-order valence-electron chi connectivity index (χ0n) is 9.47. The van der Waals surface area contributed by atoms with Crippen LogP contribution in [0, 0.1) is 5.92 Å². The maximum absolute atomic E-state index is 11.9. The standard InChI is InChI=1S/C12H17N3O/c1-15-7-6-14-12(15)5-4-11(16)9-2-3-10(13)8-9/h2-3,6-7,9-10H,4-5,8,13H2,1H3. The van der Waals surface area contributed by atoms with E-state index in [1.807, 2.05) is 30.0 Å². The molecule has 0 saturated carbocycles. The summed E-state index contributed by atoms with van der Waals surface area (Å²) in [6, 6.07) is 0.0575. The first-order valence-corrected chi connectivity index (χ1v) is 5.59. The Labute approximate surface area is 95.2 Å². The lowest BCUT2D eigenvalue weighted by molar-refractivity contribution is -0.121. The van der Waals surface area contributed by atoms with Gasteiger partial charge in [-0.15, -0.1) is 0 Å². The minimum absolute atomic E-state index is 0.0234. The molecule has 2 N–H and O–H groups in total. The Morgan fingerprint density at radius 3 is 3.00 bits per heavy atom. The molecule has 0 amide bonds. The van der Waals surface area contributed by atoms with Crippen molar-refractivity contribution in [3.05, 3.63) is 30.4 Å². The predicted molar refractivity (Wildman–Crippen MR) is 61.8 cm³/mol. The molecule has 1 aromatic heterocycles. The third-order valence-electron chi connectivity index (χ3n) is 3.05. The number of aryl methyl sites for hydroxylation is 2. The lowest BCUT2D eigenvalue weighted by Crippen LogP contribution is -2.19. The van der Waals surface area contributed by atoms with Gasteiger partial charge in [0.15, 0.2) is 0 Å². The summed E-state index contributed by atoms with van der Waals surface area (Å²) < 4.78 is 1.95. The predicted octanol–water partition coefficient (Wildman–Crippen LogP) is 0.825. The van der Waals surface area contributed by atoms with Crippen molar-refractivity contribution in [1.29, 1.82) is 0 Å². The Morgan fingerprint density at radius 2 is 2.44 bits per heavy atom. The van der Waals surface area contributed by atoms with Gasteiger partial charge in [0.1, 0.15) is 11.6 Å². The van der Waals surface area contributed by atoms with E-state index in [-0.39, 0.29) is 17.7 Å². The molecule has 0 spiro atoms. The topological polar surface area (TPSA) is 60.9 Å². The van der Waals surface area contributed by atoms with Crippen LogP contribution >= 0.6 is 0 Å². The van der Waals surface area contributed by atoms with Crippen LogP contribution in [-0.2, 0) is 18.3 Å². The summed E-state index contributed by atoms with van der Waals surface area (Å²) in [5.41, 5.74) is 5.72. The molecule has 1 aliphatic rings. The monoisotopic (exact) mass is 219 g/mol. The molecule has 2 unspecified atom stereocenters. The quantitative estimate of drug-likeness (QED) is 0.763. The van der Waals surface area contributed by atoms with Crippen molar-refractivity contribution >= 4 is 5.78 Å². The lowest BCUT2D eigenvalue weighted by Gasteiger charge is -2.07. The first-order chi connectivity index (χ1) is 7.66. The van der Waals surface area contributed by atoms with Crippen LogP contribution in [0.25, 0.3) is 0 Å². The average Bonchev–Trinajstić information content (AvgIpc) is 2.84. The molecule has 0 aliphatic heterocycles. The Hall–Kier alpha value is -1.42. The molecular formula is C12H17N3O. The largest absolute Gasteiger partial charge is 0.338 e. The molecule has 2 atom stereocenters. The Morgan fingerprint density at radius 1 is 1.62 bits per heavy atom. The third-order valence-corrected chi connectivity index (χ3v) is 3.05. The van der Waals surface area contributed by atoms with E-state index < -0.39 is 0 Å². The summed E-state index contributed by atoms with van der Waals surface area (Å²) in [6.45, 7) is 0. The van der Waals surface area contributed by atoms with Gasteiger partial charge in [-0.05, 0) is 6.42 Å². The number of Topliss-reactive ketones (excluding diaryl/α,β-unsaturated/α-hetero) is 1. The molecule has 0 saturated heterocycles. The summed E-state index contributed by atoms with van der Waals surface area (Å²) in [7, 11) is 1.94. The fourth-order valence-corrected chi connectivity index (χ4v) is 2.02. The summed E-state index contributed by atoms with van der Waals surface area (Å²) >= 11 is 0. The van der Waals surface area contributed by atoms with Gasteiger partial charge in [-0.2, -0.15) is 0 Å². The van der Waals surface area contributed by atoms with Crippen LogP contribution in [0.2, 0.25) is 0 Å². The van der Waals surface area contributed by atoms with Crippen LogP contribution in [-0.4, -0.2) is 21.4 Å². The van der Waals surface area contributed by atoms with Crippen molar-refractivity contribution in [3.63, 3.8) is 0 Å². The van der Waals surface area contributed by atoms with Gasteiger partial charge < -0.3 is 10.3 Å². The van der Waals surface area contributed by atoms with E-state index in [0.29, 0.717) is 12.8 Å². The number of carbonyl (C=O) groups excluding carboxylic acids is 1. The van der Waals surface area contributed by atoms with Crippen LogP contribution in [0.1, 0.15) is 18.7 Å². The number of hydrogen-bond acceptors (Lipinski definition) is 3. The summed E-state index contributed by atoms with van der Waals surface area (Å²) in [5, 5.41) is 0. The van der Waals surface area contributed by atoms with Crippen LogP contribution in [0.5, 0.6) is 0 Å². The van der Waals surface area contributed by atoms with Gasteiger partial charge in [0.25, 0.3) is 0 Å². The Balaban J connectivity index is 1.85. The zero-order chi connectivity index (χ0) is 11.5. The van der Waals surface area contributed by atoms with Gasteiger partial charge in [0.05, 0.1) is 0 Å². The molecule has 0 radical (unpaired) electrons. The van der Waals surface area contributed by atoms with Crippen LogP contribution in [0.4, 0.5) is 0 Å². The van der Waals surface area contributed by atoms with E-state index in [2.05, 4.69) is 4.98 Å². The fourth-order valence-electron chi connectivity index (χ4n) is 2.02. The molecular weight excluding hydrogens is 202 g/mol. The van der Waals surface area contributed by atoms with Gasteiger partial charge in [-0.1, -0.05) is 12.2 Å². The minimum Gasteiger partial charge on any atom is -0.338 e. The molecule has 4 heteroatoms. The molecule has 16 heavy (non-hydrogen) atoms. The normalized spacial score (nSPS) is 23.9. The number of allylic oxidation sites excluding steroid dienone is 1. The van der Waals surface area contributed by atoms with Crippen molar-refractivity contribution in [2.75, 3.05) is 0 Å². The van der Waals surface area contributed by atoms with E-state index in [1.54, 1.807) is 6.20 Å². The van der Waals surface area contributed by atoms with Crippen molar-refractivity contribution < 1.29 is 4.79 Å². The summed E-state index contributed by atoms with van der Waals surface area (Å²) in [5.74, 6) is 1.25. The molecule has 2 rings (SSSR count). The van der Waals surface area contributed by atoms with Crippen molar-refractivity contribution in [2.45, 2.75) is 25.3 Å². The first-order valence-electron chi connectivity index (χ1n) is 5.59. The number of ketones is 1. The zero-order valence-corrected chi connectivity index (χ0v) is 9.47. The molecule has 1 aromatic rings. The highest BCUT2D eigenvalue weighted by atomic mass is 16.1. The van der Waals surface area contributed by atoms with Crippen LogP contribution < -0.4 is 5.73 Å². The molecule has 0 fully saturated rings. The molecule has 4 nitrogen and oxygen atoms in total. The number of nitrogens with zero attached hydrogens (tertiary/aromatic N) is 2. The number of rotatable bonds is 4. The maximum atomic E-state index is 11.9. The number of hydrogen-bond donors (Lipinski definition) is 1. The SMILES string of the molecule is Cn1ccnc1CCC(=O)C1C=CC(N)C1. The van der Waals surface area contributed by atoms with Gasteiger partial charge >= 0.3 is 0 Å². The fraction of sp³-hybridized carbons (Fsp3) is 0.500. The Kier molecular flexibility index (Phi) is 3.19. The van der Waals surface area contributed by atoms with E-state index in [1.165, 1.54) is 0 Å². The highest BCUT2D eigenvalue weighted by Crippen LogP contribution is 2.19. The number of carbonyl (C=O) groups is 1. The molecule has 1 heterocycles. The average molecular weight is 219 g/mol. The first kappa shape index (κ1) is 11.1. The Bertz CT molecular complexity index is 408. The second-order valence-electron chi connectivity index (χ2n) is 4.31. The van der Waals surface area contributed by atoms with E-state index in [4.69, 9.17) is 5.73 Å². The molecule has 0 bridgehead atoms. The van der Waals surface area contributed by atoms with E-state index in [0.717, 1.165) is 12.2 Å². The van der Waals surface area contributed by atoms with E-state index in [9.17, 15) is 4.79 Å². The third kappa shape index (κ3) is 2.39. The van der Waals surface area contributed by atoms with Crippen LogP contribution in [0.15, 0.2) is 24.5 Å². The minimum atomic E-state index is 0.0234. The van der Waals surface area contributed by atoms with Crippen molar-refractivity contribution in [2.24, 2.45) is 18.7 Å². The number of imidazole rings is 1. The van der Waals surface area contributed by atoms with Gasteiger partial charge in [-0.3, -0.25) is 4.79 Å². The van der Waals surface area contributed by atoms with Gasteiger partial charge in [0, 0.05) is 44.2 Å². The second kappa shape index (κ2) is 4.61. The van der Waals surface area contributed by atoms with Gasteiger partial charge in [-0.25, -0.2) is 4.98 Å². The van der Waals surface area contributed by atoms with Crippen LogP contribution in [0.3, 0.4) is 0 Å². The highest BCUT2D eigenvalue weighted by Gasteiger charge is 2.22. The summed E-state index contributed by atoms with van der Waals surface area (Å²) in [4.78, 5) is 16.1. The number of nitrogens with two attached hydrogens (primary N) is 1. The smallest absolute Gasteiger partial charge is 0.140 e. The maximum Gasteiger partial charge on any atom is 0.140 e. The highest BCUT2D eigenvalue weighted by molar-refractivity contribution is 5.83. The summed E-state index contributed by atoms with van der Waals surface area (Å²) in [6.07, 6.45) is 9.53. The second-order valence-corrected chi connectivity index (χ2v) is 4.31. The molecule has 86 valence electrons. The van der Waals surface area contributed by atoms with E-state index >= 15 is 0 Å².